The molecule has 10 heteroatoms. The van der Waals surface area contributed by atoms with E-state index in [4.69, 9.17) is 9.56 Å². The zero-order valence-electron chi connectivity index (χ0n) is 17.5. The van der Waals surface area contributed by atoms with Crippen LogP contribution in [0.25, 0.3) is 11.0 Å². The topological polar surface area (TPSA) is 128 Å². The standard InChI is InChI=1S/C22H24N2O6S2/c1-24(32(28,29)21-9-5-4-8-20(21)31(23,26)27)22(25)16-12-10-15(11-13-16)19-14-17-6-2-3-7-18(17)30-19/h2-9,14-16H,10-13H2,1H3,(H2,23,26,27). The van der Waals surface area contributed by atoms with Gasteiger partial charge in [-0.3, -0.25) is 4.79 Å². The van der Waals surface area contributed by atoms with Crippen molar-refractivity contribution >= 4 is 36.9 Å². The first-order valence-electron chi connectivity index (χ1n) is 10.2. The highest BCUT2D eigenvalue weighted by Crippen LogP contribution is 2.39. The number of nitrogens with zero attached hydrogens (tertiary/aromatic N) is 1. The van der Waals surface area contributed by atoms with Gasteiger partial charge in [0.05, 0.1) is 0 Å². The van der Waals surface area contributed by atoms with Crippen molar-refractivity contribution in [1.82, 2.24) is 4.31 Å². The van der Waals surface area contributed by atoms with Gasteiger partial charge < -0.3 is 4.42 Å². The molecule has 0 aliphatic heterocycles. The van der Waals surface area contributed by atoms with Crippen molar-refractivity contribution in [2.45, 2.75) is 41.4 Å². The molecule has 8 nitrogen and oxygen atoms in total. The zero-order valence-corrected chi connectivity index (χ0v) is 19.1. The number of hydrogen-bond acceptors (Lipinski definition) is 6. The fraction of sp³-hybridized carbons (Fsp3) is 0.318. The van der Waals surface area contributed by atoms with E-state index in [1.165, 1.54) is 12.1 Å². The number of sulfonamides is 2. The third kappa shape index (κ3) is 4.17. The minimum atomic E-state index is -4.38. The normalized spacial score (nSPS) is 19.7. The second kappa shape index (κ2) is 8.34. The molecular formula is C22H24N2O6S2. The second-order valence-electron chi connectivity index (χ2n) is 8.04. The van der Waals surface area contributed by atoms with Crippen molar-refractivity contribution in [3.8, 4) is 0 Å². The molecule has 4 rings (SSSR count). The number of primary sulfonamides is 1. The van der Waals surface area contributed by atoms with Crippen LogP contribution < -0.4 is 5.14 Å². The van der Waals surface area contributed by atoms with Crippen LogP contribution in [-0.4, -0.2) is 34.1 Å². The summed E-state index contributed by atoms with van der Waals surface area (Å²) in [5.74, 6) is 0.00551. The van der Waals surface area contributed by atoms with E-state index in [0.29, 0.717) is 30.0 Å². The number of fused-ring (bicyclic) bond motifs is 1. The van der Waals surface area contributed by atoms with E-state index >= 15 is 0 Å². The monoisotopic (exact) mass is 476 g/mol. The minimum absolute atomic E-state index is 0.163. The maximum Gasteiger partial charge on any atom is 0.267 e. The quantitative estimate of drug-likeness (QED) is 0.602. The van der Waals surface area contributed by atoms with E-state index in [-0.39, 0.29) is 5.92 Å². The van der Waals surface area contributed by atoms with E-state index < -0.39 is 41.7 Å². The Morgan fingerprint density at radius 3 is 2.16 bits per heavy atom. The molecule has 1 aliphatic rings. The Hall–Kier alpha value is -2.69. The zero-order chi connectivity index (χ0) is 23.1. The molecule has 1 saturated carbocycles. The molecule has 1 fully saturated rings. The lowest BCUT2D eigenvalue weighted by Gasteiger charge is -2.29. The maximum atomic E-state index is 13.0. The Balaban J connectivity index is 1.49. The van der Waals surface area contributed by atoms with Crippen LogP contribution in [0.1, 0.15) is 37.4 Å². The summed E-state index contributed by atoms with van der Waals surface area (Å²) < 4.78 is 56.3. The number of nitrogens with two attached hydrogens (primary N) is 1. The van der Waals surface area contributed by atoms with E-state index in [2.05, 4.69) is 0 Å². The summed E-state index contributed by atoms with van der Waals surface area (Å²) in [6.45, 7) is 0. The summed E-state index contributed by atoms with van der Waals surface area (Å²) >= 11 is 0. The van der Waals surface area contributed by atoms with Gasteiger partial charge in [-0.2, -0.15) is 0 Å². The second-order valence-corrected chi connectivity index (χ2v) is 11.5. The Morgan fingerprint density at radius 1 is 0.938 bits per heavy atom. The number of furan rings is 1. The van der Waals surface area contributed by atoms with E-state index in [9.17, 15) is 21.6 Å². The molecule has 0 bridgehead atoms. The summed E-state index contributed by atoms with van der Waals surface area (Å²) in [4.78, 5) is 12.0. The van der Waals surface area contributed by atoms with Gasteiger partial charge in [0.15, 0.2) is 0 Å². The molecule has 2 N–H and O–H groups in total. The van der Waals surface area contributed by atoms with Crippen LogP contribution in [0.5, 0.6) is 0 Å². The smallest absolute Gasteiger partial charge is 0.267 e. The van der Waals surface area contributed by atoms with Gasteiger partial charge in [0.2, 0.25) is 15.9 Å². The molecule has 1 heterocycles. The lowest BCUT2D eigenvalue weighted by atomic mass is 9.80. The van der Waals surface area contributed by atoms with Crippen LogP contribution in [0.3, 0.4) is 0 Å². The first-order chi connectivity index (χ1) is 15.1. The van der Waals surface area contributed by atoms with Crippen LogP contribution in [0.2, 0.25) is 0 Å². The first kappa shape index (κ1) is 22.5. The van der Waals surface area contributed by atoms with Crippen molar-refractivity contribution in [3.63, 3.8) is 0 Å². The van der Waals surface area contributed by atoms with Crippen LogP contribution in [-0.2, 0) is 24.8 Å². The highest BCUT2D eigenvalue weighted by Gasteiger charge is 2.36. The number of para-hydroxylation sites is 1. The predicted molar refractivity (Wildman–Crippen MR) is 119 cm³/mol. The van der Waals surface area contributed by atoms with Gasteiger partial charge in [-0.05, 0) is 49.9 Å². The summed E-state index contributed by atoms with van der Waals surface area (Å²) in [5.41, 5.74) is 0.819. The molecule has 2 aromatic carbocycles. The van der Waals surface area contributed by atoms with E-state index in [0.717, 1.165) is 35.9 Å². The molecule has 1 aromatic heterocycles. The molecule has 1 aliphatic carbocycles. The molecule has 170 valence electrons. The van der Waals surface area contributed by atoms with Gasteiger partial charge in [-0.15, -0.1) is 0 Å². The fourth-order valence-electron chi connectivity index (χ4n) is 4.25. The van der Waals surface area contributed by atoms with Gasteiger partial charge in [0.1, 0.15) is 21.1 Å². The highest BCUT2D eigenvalue weighted by molar-refractivity contribution is 7.92. The molecule has 32 heavy (non-hydrogen) atoms. The van der Waals surface area contributed by atoms with Crippen molar-refractivity contribution in [2.75, 3.05) is 7.05 Å². The molecule has 1 amide bonds. The van der Waals surface area contributed by atoms with Crippen LogP contribution in [0, 0.1) is 5.92 Å². The summed E-state index contributed by atoms with van der Waals surface area (Å²) in [6.07, 6.45) is 2.41. The molecular weight excluding hydrogens is 452 g/mol. The molecule has 0 saturated heterocycles. The fourth-order valence-corrected chi connectivity index (χ4v) is 6.78. The number of benzene rings is 2. The van der Waals surface area contributed by atoms with Crippen LogP contribution >= 0.6 is 0 Å². The van der Waals surface area contributed by atoms with E-state index in [1.54, 1.807) is 0 Å². The van der Waals surface area contributed by atoms with Crippen molar-refractivity contribution in [3.05, 3.63) is 60.4 Å². The number of carbonyl (C=O) groups excluding carboxylic acids is 1. The van der Waals surface area contributed by atoms with Crippen LogP contribution in [0.15, 0.2) is 68.8 Å². The summed E-state index contributed by atoms with van der Waals surface area (Å²) in [7, 11) is -7.50. The predicted octanol–water partition coefficient (Wildman–Crippen LogP) is 3.20. The SMILES string of the molecule is CN(C(=O)C1CCC(c2cc3ccccc3o2)CC1)S(=O)(=O)c1ccccc1S(N)(=O)=O. The summed E-state index contributed by atoms with van der Waals surface area (Å²) in [6, 6.07) is 14.8. The van der Waals surface area contributed by atoms with Gasteiger partial charge in [-0.1, -0.05) is 30.3 Å². The van der Waals surface area contributed by atoms with Crippen molar-refractivity contribution in [2.24, 2.45) is 11.1 Å². The van der Waals surface area contributed by atoms with Gasteiger partial charge >= 0.3 is 0 Å². The van der Waals surface area contributed by atoms with Crippen molar-refractivity contribution in [1.29, 1.82) is 0 Å². The average molecular weight is 477 g/mol. The Bertz CT molecular complexity index is 1340. The Labute approximate surface area is 187 Å². The lowest BCUT2D eigenvalue weighted by molar-refractivity contribution is -0.130. The third-order valence-corrected chi connectivity index (χ3v) is 8.94. The van der Waals surface area contributed by atoms with E-state index in [1.807, 2.05) is 30.3 Å². The van der Waals surface area contributed by atoms with Gasteiger partial charge in [-0.25, -0.2) is 26.3 Å². The van der Waals surface area contributed by atoms with Crippen LogP contribution in [0.4, 0.5) is 0 Å². The number of hydrogen-bond donors (Lipinski definition) is 1. The molecule has 0 unspecified atom stereocenters. The minimum Gasteiger partial charge on any atom is -0.461 e. The largest absolute Gasteiger partial charge is 0.461 e. The molecule has 0 spiro atoms. The average Bonchev–Trinajstić information content (AvgIpc) is 3.22. The van der Waals surface area contributed by atoms with Gasteiger partial charge in [0.25, 0.3) is 10.0 Å². The Morgan fingerprint density at radius 2 is 1.53 bits per heavy atom. The number of amides is 1. The summed E-state index contributed by atoms with van der Waals surface area (Å²) in [5, 5.41) is 6.20. The first-order valence-corrected chi connectivity index (χ1v) is 13.2. The van der Waals surface area contributed by atoms with Gasteiger partial charge in [0, 0.05) is 24.3 Å². The lowest BCUT2D eigenvalue weighted by Crippen LogP contribution is -2.39. The molecule has 0 radical (unpaired) electrons. The maximum absolute atomic E-state index is 13.0. The number of rotatable bonds is 5. The third-order valence-electron chi connectivity index (χ3n) is 6.03. The molecule has 0 atom stereocenters. The Kier molecular flexibility index (Phi) is 5.87. The number of carbonyl (C=O) groups is 1. The van der Waals surface area contributed by atoms with Crippen molar-refractivity contribution < 1.29 is 26.0 Å². The highest BCUT2D eigenvalue weighted by atomic mass is 32.2. The molecule has 3 aromatic rings.